The van der Waals surface area contributed by atoms with Crippen LogP contribution in [0, 0.1) is 6.92 Å². The SMILES string of the molecule is Cc1ccc(CN2CCN(/N=C\C(Cl)=C/c3ccccc3)CC2)cc1. The van der Waals surface area contributed by atoms with Crippen molar-refractivity contribution in [3.05, 3.63) is 76.3 Å². The average molecular weight is 354 g/mol. The number of halogens is 1. The summed E-state index contributed by atoms with van der Waals surface area (Å²) < 4.78 is 0. The van der Waals surface area contributed by atoms with Crippen molar-refractivity contribution in [3.8, 4) is 0 Å². The third kappa shape index (κ3) is 5.73. The molecule has 1 aliphatic rings. The minimum absolute atomic E-state index is 0.647. The van der Waals surface area contributed by atoms with Crippen LogP contribution in [-0.4, -0.2) is 42.3 Å². The van der Waals surface area contributed by atoms with Crippen LogP contribution in [0.3, 0.4) is 0 Å². The van der Waals surface area contributed by atoms with Gasteiger partial charge < -0.3 is 0 Å². The molecule has 0 N–H and O–H groups in total. The standard InChI is InChI=1S/C21H24ClN3/c1-18-7-9-20(10-8-18)17-24-11-13-25(14-12-24)23-16-21(22)15-19-5-3-2-4-6-19/h2-10,15-16H,11-14,17H2,1H3/b21-15+,23-16-. The summed E-state index contributed by atoms with van der Waals surface area (Å²) in [5.74, 6) is 0. The zero-order chi connectivity index (χ0) is 17.5. The van der Waals surface area contributed by atoms with Crippen LogP contribution in [0.4, 0.5) is 0 Å². The van der Waals surface area contributed by atoms with Gasteiger partial charge in [-0.25, -0.2) is 0 Å². The fourth-order valence-corrected chi connectivity index (χ4v) is 3.01. The van der Waals surface area contributed by atoms with E-state index in [1.54, 1.807) is 6.21 Å². The zero-order valence-corrected chi connectivity index (χ0v) is 15.4. The molecule has 1 fully saturated rings. The summed E-state index contributed by atoms with van der Waals surface area (Å²) in [5.41, 5.74) is 3.77. The van der Waals surface area contributed by atoms with Crippen LogP contribution in [0.5, 0.6) is 0 Å². The first kappa shape index (κ1) is 17.7. The highest BCUT2D eigenvalue weighted by atomic mass is 35.5. The normalized spacial score (nSPS) is 16.6. The molecule has 2 aromatic carbocycles. The number of allylic oxidation sites excluding steroid dienone is 1. The van der Waals surface area contributed by atoms with E-state index in [4.69, 9.17) is 11.6 Å². The molecule has 0 amide bonds. The van der Waals surface area contributed by atoms with Crippen molar-refractivity contribution in [2.45, 2.75) is 13.5 Å². The molecule has 0 aromatic heterocycles. The second-order valence-electron chi connectivity index (χ2n) is 6.40. The predicted molar refractivity (Wildman–Crippen MR) is 107 cm³/mol. The van der Waals surface area contributed by atoms with Gasteiger partial charge in [0, 0.05) is 32.7 Å². The molecule has 0 saturated carbocycles. The van der Waals surface area contributed by atoms with Gasteiger partial charge in [0.2, 0.25) is 0 Å². The van der Waals surface area contributed by atoms with E-state index >= 15 is 0 Å². The lowest BCUT2D eigenvalue weighted by Gasteiger charge is -2.33. The minimum Gasteiger partial charge on any atom is -0.295 e. The van der Waals surface area contributed by atoms with Crippen molar-refractivity contribution in [2.75, 3.05) is 26.2 Å². The van der Waals surface area contributed by atoms with Crippen LogP contribution < -0.4 is 0 Å². The average Bonchev–Trinajstić information content (AvgIpc) is 2.64. The topological polar surface area (TPSA) is 18.8 Å². The molecule has 4 heteroatoms. The number of piperazine rings is 1. The van der Waals surface area contributed by atoms with Crippen molar-refractivity contribution in [1.82, 2.24) is 9.91 Å². The monoisotopic (exact) mass is 353 g/mol. The number of benzene rings is 2. The van der Waals surface area contributed by atoms with Crippen LogP contribution in [0.15, 0.2) is 64.7 Å². The first-order chi connectivity index (χ1) is 12.2. The molecule has 3 nitrogen and oxygen atoms in total. The Morgan fingerprint density at radius 3 is 2.36 bits per heavy atom. The third-order valence-electron chi connectivity index (χ3n) is 4.32. The highest BCUT2D eigenvalue weighted by Gasteiger charge is 2.15. The summed E-state index contributed by atoms with van der Waals surface area (Å²) in [7, 11) is 0. The number of hydrogen-bond donors (Lipinski definition) is 0. The molecule has 0 unspecified atom stereocenters. The van der Waals surface area contributed by atoms with Gasteiger partial charge in [0.15, 0.2) is 0 Å². The van der Waals surface area contributed by atoms with Crippen LogP contribution in [0.2, 0.25) is 0 Å². The Kier molecular flexibility index (Phi) is 6.26. The molecule has 25 heavy (non-hydrogen) atoms. The van der Waals surface area contributed by atoms with E-state index in [9.17, 15) is 0 Å². The van der Waals surface area contributed by atoms with Crippen LogP contribution in [0.25, 0.3) is 6.08 Å². The number of aryl methyl sites for hydroxylation is 1. The summed E-state index contributed by atoms with van der Waals surface area (Å²) in [6.07, 6.45) is 3.67. The molecule has 0 aliphatic carbocycles. The molecule has 0 bridgehead atoms. The van der Waals surface area contributed by atoms with Gasteiger partial charge in [0.25, 0.3) is 0 Å². The number of nitrogens with zero attached hydrogens (tertiary/aromatic N) is 3. The summed E-state index contributed by atoms with van der Waals surface area (Å²) in [6.45, 7) is 7.02. The quantitative estimate of drug-likeness (QED) is 0.743. The minimum atomic E-state index is 0.647. The summed E-state index contributed by atoms with van der Waals surface area (Å²) in [4.78, 5) is 2.47. The van der Waals surface area contributed by atoms with Crippen molar-refractivity contribution in [3.63, 3.8) is 0 Å². The Morgan fingerprint density at radius 1 is 1.00 bits per heavy atom. The van der Waals surface area contributed by atoms with E-state index in [1.165, 1.54) is 11.1 Å². The van der Waals surface area contributed by atoms with Gasteiger partial charge >= 0.3 is 0 Å². The third-order valence-corrected chi connectivity index (χ3v) is 4.53. The predicted octanol–water partition coefficient (Wildman–Crippen LogP) is 4.38. The first-order valence-electron chi connectivity index (χ1n) is 8.68. The van der Waals surface area contributed by atoms with Crippen LogP contribution in [-0.2, 0) is 6.54 Å². The zero-order valence-electron chi connectivity index (χ0n) is 14.6. The highest BCUT2D eigenvalue weighted by Crippen LogP contribution is 2.11. The summed E-state index contributed by atoms with van der Waals surface area (Å²) >= 11 is 6.26. The Morgan fingerprint density at radius 2 is 1.68 bits per heavy atom. The lowest BCUT2D eigenvalue weighted by molar-refractivity contribution is 0.131. The van der Waals surface area contributed by atoms with Gasteiger partial charge in [0.1, 0.15) is 0 Å². The van der Waals surface area contributed by atoms with Crippen molar-refractivity contribution < 1.29 is 0 Å². The van der Waals surface area contributed by atoms with Crippen LogP contribution >= 0.6 is 11.6 Å². The van der Waals surface area contributed by atoms with Crippen molar-refractivity contribution >= 4 is 23.9 Å². The second kappa shape index (κ2) is 8.84. The van der Waals surface area contributed by atoms with Gasteiger partial charge in [-0.15, -0.1) is 0 Å². The van der Waals surface area contributed by atoms with E-state index in [0.29, 0.717) is 5.03 Å². The van der Waals surface area contributed by atoms with Crippen molar-refractivity contribution in [2.24, 2.45) is 5.10 Å². The number of rotatable bonds is 5. The van der Waals surface area contributed by atoms with E-state index in [1.807, 2.05) is 36.4 Å². The largest absolute Gasteiger partial charge is 0.295 e. The molecule has 0 radical (unpaired) electrons. The highest BCUT2D eigenvalue weighted by molar-refractivity contribution is 6.41. The lowest BCUT2D eigenvalue weighted by atomic mass is 10.1. The molecular formula is C21H24ClN3. The van der Waals surface area contributed by atoms with E-state index in [0.717, 1.165) is 38.3 Å². The molecule has 0 spiro atoms. The maximum Gasteiger partial charge on any atom is 0.0657 e. The summed E-state index contributed by atoms with van der Waals surface area (Å²) in [5, 5.41) is 7.25. The van der Waals surface area contributed by atoms with Crippen LogP contribution in [0.1, 0.15) is 16.7 Å². The Labute approximate surface area is 155 Å². The molecule has 1 heterocycles. The van der Waals surface area contributed by atoms with Gasteiger partial charge in [-0.3, -0.25) is 9.91 Å². The van der Waals surface area contributed by atoms with E-state index in [-0.39, 0.29) is 0 Å². The fourth-order valence-electron chi connectivity index (χ4n) is 2.85. The van der Waals surface area contributed by atoms with E-state index in [2.05, 4.69) is 46.2 Å². The molecular weight excluding hydrogens is 330 g/mol. The summed E-state index contributed by atoms with van der Waals surface area (Å²) in [6, 6.07) is 18.8. The molecule has 0 atom stereocenters. The Bertz CT molecular complexity index is 715. The maximum absolute atomic E-state index is 6.26. The molecule has 2 aromatic rings. The molecule has 130 valence electrons. The van der Waals surface area contributed by atoms with E-state index < -0.39 is 0 Å². The van der Waals surface area contributed by atoms with Gasteiger partial charge in [-0.2, -0.15) is 5.10 Å². The molecule has 1 aliphatic heterocycles. The van der Waals surface area contributed by atoms with Gasteiger partial charge in [0.05, 0.1) is 11.2 Å². The first-order valence-corrected chi connectivity index (χ1v) is 9.06. The van der Waals surface area contributed by atoms with Crippen molar-refractivity contribution in [1.29, 1.82) is 0 Å². The number of hydrogen-bond acceptors (Lipinski definition) is 3. The second-order valence-corrected chi connectivity index (χ2v) is 6.84. The Hall–Kier alpha value is -2.10. The smallest absolute Gasteiger partial charge is 0.0657 e. The number of hydrazone groups is 1. The maximum atomic E-state index is 6.26. The Balaban J connectivity index is 1.47. The fraction of sp³-hybridized carbons (Fsp3) is 0.286. The molecule has 3 rings (SSSR count). The lowest BCUT2D eigenvalue weighted by Crippen LogP contribution is -2.43. The molecule has 1 saturated heterocycles. The van der Waals surface area contributed by atoms with Gasteiger partial charge in [-0.05, 0) is 24.1 Å². The van der Waals surface area contributed by atoms with Gasteiger partial charge in [-0.1, -0.05) is 71.8 Å².